The Bertz CT molecular complexity index is 2780. The van der Waals surface area contributed by atoms with Crippen LogP contribution in [0.1, 0.15) is 54.4 Å². The standard InChI is InChI=1S/C53H60N6O9S2/c1-33-48(69-32-55-33)36-7-5-34(6-8-36)29-54-51(65)43-27-40(62)30-59(43)52(66)50(53(2,3)4)56-45(63)31-67-25-23-57-19-21-58(22-20-57)24-26-68-41-16-11-35(12-17-41)47(64)46-42-18-15-39(61)28-44(42)70-49(46)37-9-13-38(60)14-10-37/h5-18,28,32,40,43,50,60-62H,19-27,29-31H2,1-4H3,(H,54,65)(H,56,63)/t40-,43+,50?/m1/s1. The van der Waals surface area contributed by atoms with Gasteiger partial charge in [-0.15, -0.1) is 22.7 Å². The second kappa shape index (κ2) is 22.3. The number of nitrogens with one attached hydrogen (secondary N) is 2. The lowest BCUT2D eigenvalue weighted by molar-refractivity contribution is -0.144. The number of ketones is 1. The highest BCUT2D eigenvalue weighted by atomic mass is 32.1. The Balaban J connectivity index is 0.742. The van der Waals surface area contributed by atoms with Crippen molar-refractivity contribution >= 4 is 56.3 Å². The summed E-state index contributed by atoms with van der Waals surface area (Å²) in [6.45, 7) is 13.1. The number of thiophene rings is 1. The summed E-state index contributed by atoms with van der Waals surface area (Å²) in [5, 5.41) is 37.1. The first-order chi connectivity index (χ1) is 33.6. The Labute approximate surface area is 415 Å². The smallest absolute Gasteiger partial charge is 0.246 e. The first kappa shape index (κ1) is 50.2. The number of phenolic OH excluding ortho intramolecular Hbond substituents is 2. The van der Waals surface area contributed by atoms with Crippen LogP contribution in [0.5, 0.6) is 17.2 Å². The van der Waals surface area contributed by atoms with Gasteiger partial charge in [0, 0.05) is 84.9 Å². The molecular formula is C53H60N6O9S2. The summed E-state index contributed by atoms with van der Waals surface area (Å²) >= 11 is 2.99. The second-order valence-electron chi connectivity index (χ2n) is 18.9. The van der Waals surface area contributed by atoms with Gasteiger partial charge < -0.3 is 40.3 Å². The molecule has 17 heteroatoms. The van der Waals surface area contributed by atoms with E-state index in [0.29, 0.717) is 36.6 Å². The van der Waals surface area contributed by atoms with Gasteiger partial charge in [0.15, 0.2) is 5.78 Å². The van der Waals surface area contributed by atoms with Gasteiger partial charge in [0.1, 0.15) is 42.5 Å². The summed E-state index contributed by atoms with van der Waals surface area (Å²) < 4.78 is 12.6. The summed E-state index contributed by atoms with van der Waals surface area (Å²) in [6.07, 6.45) is -0.765. The lowest BCUT2D eigenvalue weighted by atomic mass is 9.85. The number of ether oxygens (including phenoxy) is 2. The Hall–Kier alpha value is -6.21. The van der Waals surface area contributed by atoms with E-state index in [1.807, 2.05) is 57.5 Å². The van der Waals surface area contributed by atoms with E-state index in [4.69, 9.17) is 9.47 Å². The predicted molar refractivity (Wildman–Crippen MR) is 271 cm³/mol. The average Bonchev–Trinajstić information content (AvgIpc) is 4.07. The number of aromatic nitrogens is 1. The molecule has 0 aliphatic carbocycles. The molecule has 368 valence electrons. The first-order valence-corrected chi connectivity index (χ1v) is 25.2. The van der Waals surface area contributed by atoms with E-state index in [0.717, 1.165) is 74.9 Å². The third-order valence-electron chi connectivity index (χ3n) is 12.8. The van der Waals surface area contributed by atoms with Crippen LogP contribution in [0, 0.1) is 12.3 Å². The van der Waals surface area contributed by atoms with Gasteiger partial charge in [-0.3, -0.25) is 29.0 Å². The van der Waals surface area contributed by atoms with E-state index >= 15 is 0 Å². The molecule has 0 bridgehead atoms. The maximum atomic E-state index is 14.0. The molecule has 15 nitrogen and oxygen atoms in total. The van der Waals surface area contributed by atoms with Gasteiger partial charge in [-0.25, -0.2) is 4.98 Å². The number of likely N-dealkylation sites (tertiary alicyclic amines) is 1. The van der Waals surface area contributed by atoms with Gasteiger partial charge in [0.05, 0.1) is 28.8 Å². The van der Waals surface area contributed by atoms with Crippen molar-refractivity contribution in [3.63, 3.8) is 0 Å². The zero-order valence-electron chi connectivity index (χ0n) is 39.9. The number of benzene rings is 4. The monoisotopic (exact) mass is 988 g/mol. The van der Waals surface area contributed by atoms with E-state index in [1.165, 1.54) is 16.2 Å². The molecule has 2 saturated heterocycles. The summed E-state index contributed by atoms with van der Waals surface area (Å²) in [5.41, 5.74) is 5.89. The highest BCUT2D eigenvalue weighted by molar-refractivity contribution is 7.22. The van der Waals surface area contributed by atoms with Crippen LogP contribution in [0.25, 0.3) is 31.0 Å². The van der Waals surface area contributed by atoms with Gasteiger partial charge in [-0.2, -0.15) is 0 Å². The fraction of sp³-hybridized carbons (Fsp3) is 0.377. The molecular weight excluding hydrogens is 929 g/mol. The van der Waals surface area contributed by atoms with Crippen LogP contribution in [0.4, 0.5) is 0 Å². The zero-order valence-corrected chi connectivity index (χ0v) is 41.5. The number of hydrogen-bond acceptors (Lipinski definition) is 14. The average molecular weight is 989 g/mol. The molecule has 4 aromatic carbocycles. The van der Waals surface area contributed by atoms with Crippen molar-refractivity contribution in [1.82, 2.24) is 30.3 Å². The Kier molecular flexibility index (Phi) is 16.0. The Morgan fingerprint density at radius 3 is 2.13 bits per heavy atom. The highest BCUT2D eigenvalue weighted by Gasteiger charge is 2.44. The fourth-order valence-electron chi connectivity index (χ4n) is 8.84. The number of aryl methyl sites for hydroxylation is 1. The minimum atomic E-state index is -0.950. The number of aromatic hydroxyl groups is 2. The summed E-state index contributed by atoms with van der Waals surface area (Å²) in [4.78, 5) is 66.8. The van der Waals surface area contributed by atoms with Crippen molar-refractivity contribution < 1.29 is 44.0 Å². The first-order valence-electron chi connectivity index (χ1n) is 23.5. The lowest BCUT2D eigenvalue weighted by Crippen LogP contribution is -2.58. The topological polar surface area (TPSA) is 194 Å². The number of piperazine rings is 1. The maximum absolute atomic E-state index is 14.0. The van der Waals surface area contributed by atoms with Crippen molar-refractivity contribution in [3.8, 4) is 38.1 Å². The largest absolute Gasteiger partial charge is 0.508 e. The van der Waals surface area contributed by atoms with Crippen molar-refractivity contribution in [2.24, 2.45) is 5.41 Å². The Morgan fingerprint density at radius 1 is 0.829 bits per heavy atom. The van der Waals surface area contributed by atoms with Crippen LogP contribution in [-0.2, 0) is 25.7 Å². The van der Waals surface area contributed by atoms with Crippen LogP contribution in [0.3, 0.4) is 0 Å². The SMILES string of the molecule is Cc1ncsc1-c1ccc(CNC(=O)[C@@H]2C[C@@H](O)CN2C(=O)C(NC(=O)COCCN2CCN(CCOc3ccc(C(=O)c4c(-c5ccc(O)cc5)sc5cc(O)ccc45)cc3)CC2)C(C)(C)C)cc1. The Morgan fingerprint density at radius 2 is 1.47 bits per heavy atom. The number of carbonyl (C=O) groups excluding carboxylic acids is 4. The zero-order chi connectivity index (χ0) is 49.5. The number of fused-ring (bicyclic) bond motifs is 1. The number of hydrogen-bond donors (Lipinski definition) is 5. The van der Waals surface area contributed by atoms with Gasteiger partial charge in [0.2, 0.25) is 17.7 Å². The molecule has 4 heterocycles. The van der Waals surface area contributed by atoms with Crippen LogP contribution >= 0.6 is 22.7 Å². The number of thiazole rings is 1. The molecule has 2 aromatic heterocycles. The highest BCUT2D eigenvalue weighted by Crippen LogP contribution is 2.41. The van der Waals surface area contributed by atoms with Gasteiger partial charge in [0.25, 0.3) is 0 Å². The third kappa shape index (κ3) is 12.2. The molecule has 1 unspecified atom stereocenters. The third-order valence-corrected chi connectivity index (χ3v) is 15.0. The minimum absolute atomic E-state index is 0.00869. The molecule has 2 fully saturated rings. The summed E-state index contributed by atoms with van der Waals surface area (Å²) in [7, 11) is 0. The van der Waals surface area contributed by atoms with Gasteiger partial charge in [-0.1, -0.05) is 45.0 Å². The molecule has 70 heavy (non-hydrogen) atoms. The molecule has 3 atom stereocenters. The number of phenols is 2. The van der Waals surface area contributed by atoms with Crippen molar-refractivity contribution in [1.29, 1.82) is 0 Å². The number of carbonyl (C=O) groups is 4. The normalized spacial score (nSPS) is 17.1. The van der Waals surface area contributed by atoms with E-state index < -0.39 is 35.4 Å². The van der Waals surface area contributed by atoms with Crippen molar-refractivity contribution in [2.75, 3.05) is 65.6 Å². The minimum Gasteiger partial charge on any atom is -0.508 e. The van der Waals surface area contributed by atoms with E-state index in [2.05, 4.69) is 25.4 Å². The summed E-state index contributed by atoms with van der Waals surface area (Å²) in [5.74, 6) is -0.451. The number of amides is 3. The second-order valence-corrected chi connectivity index (χ2v) is 20.8. The van der Waals surface area contributed by atoms with E-state index in [9.17, 15) is 34.5 Å². The van der Waals surface area contributed by atoms with Crippen LogP contribution in [0.2, 0.25) is 0 Å². The van der Waals surface area contributed by atoms with E-state index in [-0.39, 0.29) is 49.3 Å². The fourth-order valence-corrected chi connectivity index (χ4v) is 10.9. The number of aliphatic hydroxyl groups excluding tert-OH is 1. The molecule has 6 aromatic rings. The number of aliphatic hydroxyl groups is 1. The van der Waals surface area contributed by atoms with Crippen LogP contribution in [0.15, 0.2) is 96.5 Å². The van der Waals surface area contributed by atoms with Crippen LogP contribution in [-0.4, -0.2) is 142 Å². The number of β-amino-alcohol motifs (C(OH)–C–C–N with tert-alkyl or cyclic N) is 1. The van der Waals surface area contributed by atoms with Crippen molar-refractivity contribution in [3.05, 3.63) is 119 Å². The predicted octanol–water partition coefficient (Wildman–Crippen LogP) is 6.46. The lowest BCUT2D eigenvalue weighted by Gasteiger charge is -2.35. The molecule has 2 aliphatic rings. The number of nitrogens with zero attached hydrogens (tertiary/aromatic N) is 4. The number of rotatable bonds is 18. The van der Waals surface area contributed by atoms with Crippen molar-refractivity contribution in [2.45, 2.75) is 58.8 Å². The quantitative estimate of drug-likeness (QED) is 0.0467. The molecule has 3 amide bonds. The summed E-state index contributed by atoms with van der Waals surface area (Å²) in [6, 6.07) is 24.9. The van der Waals surface area contributed by atoms with Crippen LogP contribution < -0.4 is 15.4 Å². The molecule has 8 rings (SSSR count). The molecule has 5 N–H and O–H groups in total. The molecule has 0 saturated carbocycles. The molecule has 0 radical (unpaired) electrons. The van der Waals surface area contributed by atoms with Gasteiger partial charge >= 0.3 is 0 Å². The van der Waals surface area contributed by atoms with E-state index in [1.54, 1.807) is 78.1 Å². The van der Waals surface area contributed by atoms with Gasteiger partial charge in [-0.05, 0) is 95.8 Å². The molecule has 0 spiro atoms. The molecule has 2 aliphatic heterocycles. The maximum Gasteiger partial charge on any atom is 0.246 e.